The van der Waals surface area contributed by atoms with Crippen molar-refractivity contribution in [3.05, 3.63) is 77.9 Å². The standard InChI is InChI=1S/C25H29F2N5O2S/c1-18-7-8-25(19-5-3-2-4-6-19)35(33,34)32(18)15-20-13-23(27)24(14-22(20)26)30-11-9-21(10-12-30)31-16-28-29-17-31/h2-6,13-14,16-18,21,25H,7-12,15H2,1H3/t18-,25+/m0/s1. The Morgan fingerprint density at radius 3 is 2.31 bits per heavy atom. The fraction of sp³-hybridized carbons (Fsp3) is 0.440. The second-order valence-corrected chi connectivity index (χ2v) is 11.5. The molecular weight excluding hydrogens is 472 g/mol. The summed E-state index contributed by atoms with van der Waals surface area (Å²) < 4.78 is 60.6. The molecule has 0 unspecified atom stereocenters. The van der Waals surface area contributed by atoms with E-state index in [4.69, 9.17) is 0 Å². The van der Waals surface area contributed by atoms with Crippen LogP contribution in [0.3, 0.4) is 0 Å². The van der Waals surface area contributed by atoms with Gasteiger partial charge in [0.05, 0.1) is 5.69 Å². The highest BCUT2D eigenvalue weighted by Gasteiger charge is 2.40. The van der Waals surface area contributed by atoms with Crippen LogP contribution in [-0.4, -0.2) is 46.6 Å². The maximum Gasteiger partial charge on any atom is 0.221 e. The Morgan fingerprint density at radius 2 is 1.63 bits per heavy atom. The summed E-state index contributed by atoms with van der Waals surface area (Å²) in [6, 6.07) is 11.4. The van der Waals surface area contributed by atoms with Crippen molar-refractivity contribution in [2.45, 2.75) is 56.5 Å². The Morgan fingerprint density at radius 1 is 0.943 bits per heavy atom. The summed E-state index contributed by atoms with van der Waals surface area (Å²) in [5, 5.41) is 6.99. The first-order chi connectivity index (χ1) is 16.8. The van der Waals surface area contributed by atoms with Gasteiger partial charge in [-0.25, -0.2) is 17.2 Å². The van der Waals surface area contributed by atoms with E-state index in [1.807, 2.05) is 34.6 Å². The molecule has 2 saturated heterocycles. The van der Waals surface area contributed by atoms with Crippen molar-refractivity contribution in [3.63, 3.8) is 0 Å². The van der Waals surface area contributed by atoms with Crippen LogP contribution in [-0.2, 0) is 16.6 Å². The highest BCUT2D eigenvalue weighted by Crippen LogP contribution is 2.39. The largest absolute Gasteiger partial charge is 0.369 e. The van der Waals surface area contributed by atoms with Crippen LogP contribution in [0.15, 0.2) is 55.1 Å². The Bertz CT molecular complexity index is 1260. The van der Waals surface area contributed by atoms with E-state index in [9.17, 15) is 8.42 Å². The molecule has 2 fully saturated rings. The zero-order chi connectivity index (χ0) is 24.6. The van der Waals surface area contributed by atoms with Gasteiger partial charge in [-0.15, -0.1) is 10.2 Å². The van der Waals surface area contributed by atoms with Gasteiger partial charge in [0.2, 0.25) is 10.0 Å². The van der Waals surface area contributed by atoms with Crippen molar-refractivity contribution >= 4 is 15.7 Å². The molecule has 35 heavy (non-hydrogen) atoms. The smallest absolute Gasteiger partial charge is 0.221 e. The number of sulfonamides is 1. The Kier molecular flexibility index (Phi) is 6.59. The average Bonchev–Trinajstić information content (AvgIpc) is 3.39. The summed E-state index contributed by atoms with van der Waals surface area (Å²) in [4.78, 5) is 1.84. The van der Waals surface area contributed by atoms with Gasteiger partial charge in [-0.05, 0) is 44.2 Å². The van der Waals surface area contributed by atoms with Gasteiger partial charge in [-0.2, -0.15) is 4.31 Å². The first-order valence-corrected chi connectivity index (χ1v) is 13.5. The molecule has 2 aliphatic heterocycles. The molecule has 0 spiro atoms. The van der Waals surface area contributed by atoms with Crippen LogP contribution >= 0.6 is 0 Å². The van der Waals surface area contributed by atoms with Crippen LogP contribution in [0.5, 0.6) is 0 Å². The molecule has 2 aromatic carbocycles. The van der Waals surface area contributed by atoms with E-state index in [1.165, 1.54) is 10.4 Å². The zero-order valence-electron chi connectivity index (χ0n) is 19.6. The van der Waals surface area contributed by atoms with Gasteiger partial charge >= 0.3 is 0 Å². The van der Waals surface area contributed by atoms with E-state index in [2.05, 4.69) is 10.2 Å². The number of aromatic nitrogens is 3. The number of hydrogen-bond acceptors (Lipinski definition) is 5. The molecule has 0 N–H and O–H groups in total. The first-order valence-electron chi connectivity index (χ1n) is 12.0. The molecule has 2 atom stereocenters. The van der Waals surface area contributed by atoms with E-state index in [1.54, 1.807) is 24.8 Å². The van der Waals surface area contributed by atoms with Crippen molar-refractivity contribution < 1.29 is 17.2 Å². The molecule has 10 heteroatoms. The summed E-state index contributed by atoms with van der Waals surface area (Å²) in [7, 11) is -3.73. The van der Waals surface area contributed by atoms with E-state index in [0.29, 0.717) is 25.9 Å². The van der Waals surface area contributed by atoms with Crippen molar-refractivity contribution in [2.24, 2.45) is 0 Å². The van der Waals surface area contributed by atoms with E-state index >= 15 is 8.78 Å². The second-order valence-electron chi connectivity index (χ2n) is 9.44. The molecule has 3 aromatic rings. The van der Waals surface area contributed by atoms with Crippen LogP contribution < -0.4 is 4.90 Å². The lowest BCUT2D eigenvalue weighted by Gasteiger charge is -2.38. The molecule has 0 amide bonds. The van der Waals surface area contributed by atoms with E-state index in [-0.39, 0.29) is 29.9 Å². The lowest BCUT2D eigenvalue weighted by Crippen LogP contribution is -2.44. The molecule has 0 bridgehead atoms. The summed E-state index contributed by atoms with van der Waals surface area (Å²) in [5.41, 5.74) is 0.987. The molecule has 0 aliphatic carbocycles. The number of hydrogen-bond donors (Lipinski definition) is 0. The number of piperidine rings is 1. The molecule has 3 heterocycles. The lowest BCUT2D eigenvalue weighted by molar-refractivity contribution is 0.279. The van der Waals surface area contributed by atoms with Gasteiger partial charge in [0.25, 0.3) is 0 Å². The molecule has 2 aliphatic rings. The zero-order valence-corrected chi connectivity index (χ0v) is 20.4. The second kappa shape index (κ2) is 9.66. The molecule has 5 rings (SSSR count). The van der Waals surface area contributed by atoms with Crippen LogP contribution in [0, 0.1) is 11.6 Å². The third-order valence-corrected chi connectivity index (χ3v) is 9.67. The number of rotatable bonds is 5. The van der Waals surface area contributed by atoms with Crippen molar-refractivity contribution in [3.8, 4) is 0 Å². The van der Waals surface area contributed by atoms with E-state index in [0.717, 1.165) is 24.5 Å². The SMILES string of the molecule is C[C@H]1CC[C@H](c2ccccc2)S(=O)(=O)N1Cc1cc(F)c(N2CCC(n3cnnc3)CC2)cc1F. The number of nitrogens with zero attached hydrogens (tertiary/aromatic N) is 5. The highest BCUT2D eigenvalue weighted by molar-refractivity contribution is 7.89. The lowest BCUT2D eigenvalue weighted by atomic mass is 10.0. The summed E-state index contributed by atoms with van der Waals surface area (Å²) in [5.74, 6) is -1.13. The molecule has 0 saturated carbocycles. The van der Waals surface area contributed by atoms with Crippen LogP contribution in [0.2, 0.25) is 0 Å². The van der Waals surface area contributed by atoms with Gasteiger partial charge in [0.1, 0.15) is 29.5 Å². The van der Waals surface area contributed by atoms with Crippen LogP contribution in [0.25, 0.3) is 0 Å². The minimum atomic E-state index is -3.73. The highest BCUT2D eigenvalue weighted by atomic mass is 32.2. The minimum Gasteiger partial charge on any atom is -0.369 e. The van der Waals surface area contributed by atoms with Crippen molar-refractivity contribution in [1.82, 2.24) is 19.1 Å². The third kappa shape index (κ3) is 4.69. The number of benzene rings is 2. The summed E-state index contributed by atoms with van der Waals surface area (Å²) >= 11 is 0. The maximum atomic E-state index is 15.2. The Balaban J connectivity index is 1.34. The van der Waals surface area contributed by atoms with Gasteiger partial charge in [0, 0.05) is 43.3 Å². The molecule has 186 valence electrons. The Hall–Kier alpha value is -2.85. The summed E-state index contributed by atoms with van der Waals surface area (Å²) in [6.07, 6.45) is 6.05. The third-order valence-electron chi connectivity index (χ3n) is 7.30. The van der Waals surface area contributed by atoms with Crippen molar-refractivity contribution in [1.29, 1.82) is 0 Å². The van der Waals surface area contributed by atoms with Crippen LogP contribution in [0.4, 0.5) is 14.5 Å². The number of anilines is 1. The fourth-order valence-corrected chi connectivity index (χ4v) is 7.45. The van der Waals surface area contributed by atoms with E-state index < -0.39 is 26.9 Å². The molecule has 7 nitrogen and oxygen atoms in total. The van der Waals surface area contributed by atoms with Crippen molar-refractivity contribution in [2.75, 3.05) is 18.0 Å². The molecule has 0 radical (unpaired) electrons. The van der Waals surface area contributed by atoms with Gasteiger partial charge in [0.15, 0.2) is 0 Å². The predicted octanol–water partition coefficient (Wildman–Crippen LogP) is 4.45. The van der Waals surface area contributed by atoms with Gasteiger partial charge < -0.3 is 9.47 Å². The quantitative estimate of drug-likeness (QED) is 0.517. The molecule has 1 aromatic heterocycles. The average molecular weight is 502 g/mol. The van der Waals surface area contributed by atoms with Gasteiger partial charge in [-0.1, -0.05) is 30.3 Å². The summed E-state index contributed by atoms with van der Waals surface area (Å²) in [6.45, 7) is 2.79. The predicted molar refractivity (Wildman–Crippen MR) is 129 cm³/mol. The minimum absolute atomic E-state index is 0.0507. The fourth-order valence-electron chi connectivity index (χ4n) is 5.26. The monoisotopic (exact) mass is 501 g/mol. The maximum absolute atomic E-state index is 15.2. The Labute approximate surface area is 204 Å². The number of halogens is 2. The van der Waals surface area contributed by atoms with Gasteiger partial charge in [-0.3, -0.25) is 0 Å². The topological polar surface area (TPSA) is 71.3 Å². The van der Waals surface area contributed by atoms with Crippen LogP contribution in [0.1, 0.15) is 55.0 Å². The normalized spacial score (nSPS) is 23.5. The first kappa shape index (κ1) is 23.9. The molecular formula is C25H29F2N5O2S.